The minimum atomic E-state index is -1.01. The van der Waals surface area contributed by atoms with E-state index < -0.39 is 12.2 Å². The van der Waals surface area contributed by atoms with Crippen LogP contribution in [0.5, 0.6) is 0 Å². The zero-order valence-electron chi connectivity index (χ0n) is 16.8. The predicted molar refractivity (Wildman–Crippen MR) is 108 cm³/mol. The van der Waals surface area contributed by atoms with Gasteiger partial charge in [0.15, 0.2) is 0 Å². The van der Waals surface area contributed by atoms with Gasteiger partial charge in [-0.05, 0) is 24.1 Å². The van der Waals surface area contributed by atoms with Crippen LogP contribution in [0.3, 0.4) is 0 Å². The average Bonchev–Trinajstić information content (AvgIpc) is 3.00. The van der Waals surface area contributed by atoms with Crippen LogP contribution in [0.1, 0.15) is 49.8 Å². The molecule has 1 amide bonds. The van der Waals surface area contributed by atoms with E-state index in [2.05, 4.69) is 13.0 Å². The summed E-state index contributed by atoms with van der Waals surface area (Å²) in [6, 6.07) is 17.7. The van der Waals surface area contributed by atoms with E-state index in [0.717, 1.165) is 36.1 Å². The third-order valence-electron chi connectivity index (χ3n) is 5.12. The van der Waals surface area contributed by atoms with Gasteiger partial charge >= 0.3 is 0 Å². The average molecular weight is 471 g/mol. The normalized spacial score (nSPS) is 19.8. The van der Waals surface area contributed by atoms with Crippen molar-refractivity contribution in [2.45, 2.75) is 57.5 Å². The standard InChI is InChI=1S/C23H28NO4.Y/c1-2-3-9-21(25)18-10-12-19(13-11-18)24-20(14-22(26)23(24)27)16-28-15-17-7-5-4-6-8-17;/h4-5,7-8,10-13,20-22,25-26H,2-3,9,14-16H2,1H3;/q-1;. The Morgan fingerprint density at radius 3 is 2.69 bits per heavy atom. The second kappa shape index (κ2) is 11.9. The van der Waals surface area contributed by atoms with Crippen LogP contribution < -0.4 is 4.90 Å². The number of aliphatic hydroxyl groups is 2. The monoisotopic (exact) mass is 471 g/mol. The maximum absolute atomic E-state index is 12.5. The molecule has 153 valence electrons. The van der Waals surface area contributed by atoms with Crippen molar-refractivity contribution in [2.75, 3.05) is 11.5 Å². The van der Waals surface area contributed by atoms with Gasteiger partial charge in [0.2, 0.25) is 0 Å². The van der Waals surface area contributed by atoms with Crippen molar-refractivity contribution in [1.82, 2.24) is 0 Å². The Morgan fingerprint density at radius 2 is 2.03 bits per heavy atom. The van der Waals surface area contributed by atoms with E-state index in [-0.39, 0.29) is 44.7 Å². The summed E-state index contributed by atoms with van der Waals surface area (Å²) in [7, 11) is 0. The van der Waals surface area contributed by atoms with Gasteiger partial charge in [-0.15, -0.1) is 5.56 Å². The number of carbonyl (C=O) groups is 1. The van der Waals surface area contributed by atoms with Crippen molar-refractivity contribution < 1.29 is 52.5 Å². The van der Waals surface area contributed by atoms with E-state index in [1.54, 1.807) is 4.90 Å². The first-order valence-corrected chi connectivity index (χ1v) is 9.92. The second-order valence-electron chi connectivity index (χ2n) is 7.29. The first kappa shape index (κ1) is 24.2. The number of carbonyl (C=O) groups excluding carboxylic acids is 1. The fourth-order valence-corrected chi connectivity index (χ4v) is 3.54. The molecule has 2 N–H and O–H groups in total. The van der Waals surface area contributed by atoms with Crippen LogP contribution in [0.4, 0.5) is 5.69 Å². The molecule has 5 nitrogen and oxygen atoms in total. The Bertz CT molecular complexity index is 753. The van der Waals surface area contributed by atoms with Crippen molar-refractivity contribution in [1.29, 1.82) is 0 Å². The number of rotatable bonds is 9. The number of amides is 1. The Kier molecular flexibility index (Phi) is 9.93. The molecule has 1 aliphatic heterocycles. The van der Waals surface area contributed by atoms with Gasteiger partial charge in [0, 0.05) is 51.4 Å². The van der Waals surface area contributed by atoms with Crippen LogP contribution in [-0.2, 0) is 48.8 Å². The zero-order valence-corrected chi connectivity index (χ0v) is 19.7. The number of ether oxygens (including phenoxy) is 1. The van der Waals surface area contributed by atoms with Gasteiger partial charge < -0.3 is 19.8 Å². The molecule has 0 aliphatic carbocycles. The van der Waals surface area contributed by atoms with Gasteiger partial charge in [0.1, 0.15) is 6.10 Å². The number of hydrogen-bond acceptors (Lipinski definition) is 4. The summed E-state index contributed by atoms with van der Waals surface area (Å²) in [5, 5.41) is 20.3. The molecule has 0 spiro atoms. The van der Waals surface area contributed by atoms with Crippen molar-refractivity contribution in [2.24, 2.45) is 0 Å². The fraction of sp³-hybridized carbons (Fsp3) is 0.435. The van der Waals surface area contributed by atoms with E-state index in [1.807, 2.05) is 48.5 Å². The largest absolute Gasteiger partial charge is 0.388 e. The Morgan fingerprint density at radius 1 is 1.28 bits per heavy atom. The Labute approximate surface area is 198 Å². The quantitative estimate of drug-likeness (QED) is 0.551. The number of benzene rings is 2. The molecule has 0 aromatic heterocycles. The van der Waals surface area contributed by atoms with Gasteiger partial charge in [-0.3, -0.25) is 4.79 Å². The van der Waals surface area contributed by atoms with Crippen LogP contribution in [0, 0.1) is 6.07 Å². The first-order chi connectivity index (χ1) is 13.6. The minimum Gasteiger partial charge on any atom is -0.388 e. The molecule has 3 unspecified atom stereocenters. The molecule has 3 rings (SSSR count). The number of hydrogen-bond donors (Lipinski definition) is 2. The molecular formula is C23H28NO4Y-. The summed E-state index contributed by atoms with van der Waals surface area (Å²) < 4.78 is 5.79. The van der Waals surface area contributed by atoms with Gasteiger partial charge in [0.05, 0.1) is 18.8 Å². The van der Waals surface area contributed by atoms with Crippen LogP contribution in [0.15, 0.2) is 48.5 Å². The summed E-state index contributed by atoms with van der Waals surface area (Å²) in [6.45, 7) is 2.88. The van der Waals surface area contributed by atoms with Crippen molar-refractivity contribution in [3.8, 4) is 0 Å². The number of nitrogens with zero attached hydrogens (tertiary/aromatic N) is 1. The summed E-state index contributed by atoms with van der Waals surface area (Å²) in [6.07, 6.45) is 1.59. The minimum absolute atomic E-state index is 0. The van der Waals surface area contributed by atoms with E-state index in [4.69, 9.17) is 4.74 Å². The van der Waals surface area contributed by atoms with Crippen LogP contribution in [-0.4, -0.2) is 34.9 Å². The predicted octanol–water partition coefficient (Wildman–Crippen LogP) is 3.39. The van der Waals surface area contributed by atoms with E-state index in [9.17, 15) is 15.0 Å². The summed E-state index contributed by atoms with van der Waals surface area (Å²) in [5.41, 5.74) is 2.58. The molecule has 2 aromatic carbocycles. The molecule has 0 bridgehead atoms. The molecular weight excluding hydrogens is 443 g/mol. The Balaban J connectivity index is 0.00000300. The summed E-state index contributed by atoms with van der Waals surface area (Å²) >= 11 is 0. The van der Waals surface area contributed by atoms with Gasteiger partial charge in [-0.25, -0.2) is 0 Å². The maximum atomic E-state index is 12.5. The summed E-state index contributed by atoms with van der Waals surface area (Å²) in [5.74, 6) is -0.305. The van der Waals surface area contributed by atoms with Crippen LogP contribution in [0.2, 0.25) is 0 Å². The second-order valence-corrected chi connectivity index (χ2v) is 7.29. The first-order valence-electron chi connectivity index (χ1n) is 9.92. The molecule has 29 heavy (non-hydrogen) atoms. The van der Waals surface area contributed by atoms with Crippen LogP contribution in [0.25, 0.3) is 0 Å². The molecule has 0 saturated carbocycles. The topological polar surface area (TPSA) is 70.0 Å². The van der Waals surface area contributed by atoms with Gasteiger partial charge in [-0.2, -0.15) is 30.3 Å². The number of aliphatic hydroxyl groups excluding tert-OH is 2. The van der Waals surface area contributed by atoms with E-state index >= 15 is 0 Å². The van der Waals surface area contributed by atoms with Crippen molar-refractivity contribution >= 4 is 11.6 Å². The SMILES string of the molecule is CCCCC(O)c1ccc(N2C(=O)C(O)CC2COCc2c[c-]ccc2)cc1.[Y]. The van der Waals surface area contributed by atoms with Crippen molar-refractivity contribution in [3.63, 3.8) is 0 Å². The van der Waals surface area contributed by atoms with Gasteiger partial charge in [0.25, 0.3) is 5.91 Å². The third-order valence-corrected chi connectivity index (χ3v) is 5.12. The van der Waals surface area contributed by atoms with E-state index in [1.165, 1.54) is 0 Å². The molecule has 2 aromatic rings. The third kappa shape index (κ3) is 6.43. The molecule has 1 saturated heterocycles. The van der Waals surface area contributed by atoms with E-state index in [0.29, 0.717) is 19.6 Å². The molecule has 1 radical (unpaired) electrons. The Hall–Kier alpha value is -1.11. The molecule has 3 atom stereocenters. The number of unbranched alkanes of at least 4 members (excludes halogenated alkanes) is 1. The van der Waals surface area contributed by atoms with Crippen LogP contribution >= 0.6 is 0 Å². The fourth-order valence-electron chi connectivity index (χ4n) is 3.54. The maximum Gasteiger partial charge on any atom is 0.256 e. The van der Waals surface area contributed by atoms with Crippen molar-refractivity contribution in [3.05, 3.63) is 65.7 Å². The molecule has 6 heteroatoms. The molecule has 1 heterocycles. The zero-order chi connectivity index (χ0) is 19.9. The molecule has 1 fully saturated rings. The number of anilines is 1. The smallest absolute Gasteiger partial charge is 0.256 e. The van der Waals surface area contributed by atoms with Gasteiger partial charge in [-0.1, -0.05) is 31.9 Å². The molecule has 1 aliphatic rings. The summed E-state index contributed by atoms with van der Waals surface area (Å²) in [4.78, 5) is 14.1.